The molecule has 0 aliphatic carbocycles. The average Bonchev–Trinajstić information content (AvgIpc) is 3.39. The lowest BCUT2D eigenvalue weighted by molar-refractivity contribution is -0.132. The van der Waals surface area contributed by atoms with E-state index in [1.165, 1.54) is 17.9 Å². The van der Waals surface area contributed by atoms with Crippen molar-refractivity contribution in [3.63, 3.8) is 0 Å². The Hall–Kier alpha value is -3.39. The van der Waals surface area contributed by atoms with Gasteiger partial charge < -0.3 is 19.7 Å². The van der Waals surface area contributed by atoms with E-state index in [9.17, 15) is 9.59 Å². The molecule has 0 spiro atoms. The Morgan fingerprint density at radius 3 is 2.54 bits per heavy atom. The summed E-state index contributed by atoms with van der Waals surface area (Å²) in [5.41, 5.74) is 3.47. The van der Waals surface area contributed by atoms with E-state index in [-0.39, 0.29) is 11.8 Å². The number of carbonyl (C=O) groups excluding carboxylic acids is 2. The summed E-state index contributed by atoms with van der Waals surface area (Å²) < 4.78 is 11.1. The lowest BCUT2D eigenvalue weighted by Gasteiger charge is -2.24. The Morgan fingerprint density at radius 1 is 1.06 bits per heavy atom. The number of anilines is 1. The predicted octanol–water partition coefficient (Wildman–Crippen LogP) is 4.05. The molecule has 2 aliphatic rings. The number of methoxy groups -OCH3 is 1. The Kier molecular flexibility index (Phi) is 8.36. The molecule has 2 amide bonds. The first kappa shape index (κ1) is 24.7. The van der Waals surface area contributed by atoms with Crippen molar-refractivity contribution in [2.24, 2.45) is 5.10 Å². The van der Waals surface area contributed by atoms with Crippen molar-refractivity contribution in [1.82, 2.24) is 9.91 Å². The number of hydrazone groups is 1. The maximum Gasteiger partial charge on any atom is 0.243 e. The minimum atomic E-state index is -0.00779. The number of hydrogen-bond acceptors (Lipinski definition) is 6. The molecule has 2 aliphatic heterocycles. The zero-order valence-corrected chi connectivity index (χ0v) is 20.6. The van der Waals surface area contributed by atoms with Crippen LogP contribution in [0.3, 0.4) is 0 Å². The van der Waals surface area contributed by atoms with E-state index in [0.717, 1.165) is 42.2 Å². The standard InChI is InChI=1S/C27H34N4O4/c1-3-35-25-18-21(8-12-24(25)34-2)23-11-13-27(33)31(29-23)19-20-6-9-22(10-7-20)28-26(32)14-17-30-15-4-5-16-30/h6-10,12,18H,3-5,11,13-17,19H2,1-2H3,(H,28,32). The summed E-state index contributed by atoms with van der Waals surface area (Å²) in [6, 6.07) is 13.3. The van der Waals surface area contributed by atoms with Crippen molar-refractivity contribution < 1.29 is 19.1 Å². The summed E-state index contributed by atoms with van der Waals surface area (Å²) in [6.07, 6.45) is 3.93. The molecule has 0 atom stereocenters. The van der Waals surface area contributed by atoms with Gasteiger partial charge in [-0.15, -0.1) is 0 Å². The van der Waals surface area contributed by atoms with Gasteiger partial charge in [-0.05, 0) is 68.8 Å². The summed E-state index contributed by atoms with van der Waals surface area (Å²) in [4.78, 5) is 27.1. The highest BCUT2D eigenvalue weighted by molar-refractivity contribution is 6.04. The minimum Gasteiger partial charge on any atom is -0.493 e. The highest BCUT2D eigenvalue weighted by Crippen LogP contribution is 2.30. The van der Waals surface area contributed by atoms with Gasteiger partial charge in [0, 0.05) is 37.1 Å². The number of nitrogens with zero attached hydrogens (tertiary/aromatic N) is 3. The van der Waals surface area contributed by atoms with Gasteiger partial charge in [0.05, 0.1) is 26.0 Å². The number of ether oxygens (including phenoxy) is 2. The van der Waals surface area contributed by atoms with E-state index >= 15 is 0 Å². The number of benzene rings is 2. The molecule has 0 saturated carbocycles. The van der Waals surface area contributed by atoms with Gasteiger partial charge in [-0.3, -0.25) is 9.59 Å². The van der Waals surface area contributed by atoms with E-state index in [2.05, 4.69) is 15.3 Å². The van der Waals surface area contributed by atoms with Gasteiger partial charge >= 0.3 is 0 Å². The van der Waals surface area contributed by atoms with Crippen LogP contribution in [0.2, 0.25) is 0 Å². The first-order valence-corrected chi connectivity index (χ1v) is 12.4. The van der Waals surface area contributed by atoms with Crippen LogP contribution in [-0.2, 0) is 16.1 Å². The number of amides is 2. The number of nitrogens with one attached hydrogen (secondary N) is 1. The van der Waals surface area contributed by atoms with Gasteiger partial charge in [0.2, 0.25) is 11.8 Å². The van der Waals surface area contributed by atoms with Crippen molar-refractivity contribution in [3.05, 3.63) is 53.6 Å². The highest BCUT2D eigenvalue weighted by Gasteiger charge is 2.22. The molecule has 8 heteroatoms. The predicted molar refractivity (Wildman–Crippen MR) is 136 cm³/mol. The number of rotatable bonds is 10. The molecule has 4 rings (SSSR count). The largest absolute Gasteiger partial charge is 0.493 e. The SMILES string of the molecule is CCOc1cc(C2=NN(Cc3ccc(NC(=O)CCN4CCCC4)cc3)C(=O)CC2)ccc1OC. The third kappa shape index (κ3) is 6.60. The Bertz CT molecular complexity index is 1060. The van der Waals surface area contributed by atoms with E-state index in [4.69, 9.17) is 9.47 Å². The second kappa shape index (κ2) is 11.8. The molecule has 0 aromatic heterocycles. The van der Waals surface area contributed by atoms with Crippen LogP contribution in [-0.4, -0.2) is 60.8 Å². The van der Waals surface area contributed by atoms with Crippen LogP contribution in [0.1, 0.15) is 50.2 Å². The van der Waals surface area contributed by atoms with Gasteiger partial charge in [-0.1, -0.05) is 12.1 Å². The fraction of sp³-hybridized carbons (Fsp3) is 0.444. The fourth-order valence-corrected chi connectivity index (χ4v) is 4.41. The molecule has 0 radical (unpaired) electrons. The first-order chi connectivity index (χ1) is 17.1. The van der Waals surface area contributed by atoms with E-state index in [0.29, 0.717) is 43.9 Å². The molecule has 1 N–H and O–H groups in total. The smallest absolute Gasteiger partial charge is 0.243 e. The zero-order chi connectivity index (χ0) is 24.6. The lowest BCUT2D eigenvalue weighted by atomic mass is 10.0. The van der Waals surface area contributed by atoms with Crippen molar-refractivity contribution in [2.75, 3.05) is 38.7 Å². The van der Waals surface area contributed by atoms with Crippen LogP contribution >= 0.6 is 0 Å². The normalized spacial score (nSPS) is 16.2. The fourth-order valence-electron chi connectivity index (χ4n) is 4.41. The number of hydrogen-bond donors (Lipinski definition) is 1. The number of carbonyl (C=O) groups is 2. The molecule has 2 aromatic carbocycles. The van der Waals surface area contributed by atoms with Gasteiger partial charge in [0.1, 0.15) is 0 Å². The van der Waals surface area contributed by atoms with E-state index in [1.807, 2.05) is 49.4 Å². The molecule has 0 unspecified atom stereocenters. The summed E-state index contributed by atoms with van der Waals surface area (Å²) >= 11 is 0. The van der Waals surface area contributed by atoms with Crippen LogP contribution in [0, 0.1) is 0 Å². The lowest BCUT2D eigenvalue weighted by Crippen LogP contribution is -2.31. The quantitative estimate of drug-likeness (QED) is 0.557. The Morgan fingerprint density at radius 2 is 1.83 bits per heavy atom. The van der Waals surface area contributed by atoms with Crippen LogP contribution in [0.15, 0.2) is 47.6 Å². The molecular formula is C27H34N4O4. The molecule has 1 saturated heterocycles. The molecule has 35 heavy (non-hydrogen) atoms. The van der Waals surface area contributed by atoms with Crippen LogP contribution in [0.5, 0.6) is 11.5 Å². The van der Waals surface area contributed by atoms with Crippen molar-refractivity contribution in [3.8, 4) is 11.5 Å². The van der Waals surface area contributed by atoms with Crippen LogP contribution < -0.4 is 14.8 Å². The second-order valence-electron chi connectivity index (χ2n) is 8.84. The molecule has 8 nitrogen and oxygen atoms in total. The first-order valence-electron chi connectivity index (χ1n) is 12.4. The highest BCUT2D eigenvalue weighted by atomic mass is 16.5. The van der Waals surface area contributed by atoms with E-state index in [1.54, 1.807) is 7.11 Å². The molecule has 2 heterocycles. The summed E-state index contributed by atoms with van der Waals surface area (Å²) in [5, 5.41) is 9.13. The zero-order valence-electron chi connectivity index (χ0n) is 20.6. The summed E-state index contributed by atoms with van der Waals surface area (Å²) in [5.74, 6) is 1.35. The maximum absolute atomic E-state index is 12.6. The Labute approximate surface area is 206 Å². The van der Waals surface area contributed by atoms with Gasteiger partial charge in [-0.2, -0.15) is 5.10 Å². The third-order valence-electron chi connectivity index (χ3n) is 6.33. The molecule has 2 aromatic rings. The maximum atomic E-state index is 12.6. The molecule has 0 bridgehead atoms. The van der Waals surface area contributed by atoms with Gasteiger partial charge in [0.25, 0.3) is 0 Å². The third-order valence-corrected chi connectivity index (χ3v) is 6.33. The summed E-state index contributed by atoms with van der Waals surface area (Å²) in [7, 11) is 1.61. The average molecular weight is 479 g/mol. The van der Waals surface area contributed by atoms with Crippen LogP contribution in [0.25, 0.3) is 0 Å². The van der Waals surface area contributed by atoms with Gasteiger partial charge in [-0.25, -0.2) is 5.01 Å². The van der Waals surface area contributed by atoms with Crippen molar-refractivity contribution in [1.29, 1.82) is 0 Å². The monoisotopic (exact) mass is 478 g/mol. The van der Waals surface area contributed by atoms with Crippen molar-refractivity contribution in [2.45, 2.75) is 45.6 Å². The molecule has 1 fully saturated rings. The topological polar surface area (TPSA) is 83.5 Å². The van der Waals surface area contributed by atoms with Crippen LogP contribution in [0.4, 0.5) is 5.69 Å². The minimum absolute atomic E-state index is 0.00779. The molecule has 186 valence electrons. The summed E-state index contributed by atoms with van der Waals surface area (Å²) in [6.45, 7) is 5.82. The van der Waals surface area contributed by atoms with Crippen molar-refractivity contribution >= 4 is 23.2 Å². The van der Waals surface area contributed by atoms with Gasteiger partial charge in [0.15, 0.2) is 11.5 Å². The Balaban J connectivity index is 1.38. The van der Waals surface area contributed by atoms with E-state index < -0.39 is 0 Å². The molecular weight excluding hydrogens is 444 g/mol. The number of likely N-dealkylation sites (tertiary alicyclic amines) is 1. The second-order valence-corrected chi connectivity index (χ2v) is 8.84.